The number of aryl methyl sites for hydroxylation is 2. The molecule has 52 heavy (non-hydrogen) atoms. The van der Waals surface area contributed by atoms with Crippen LogP contribution in [0.15, 0.2) is 40.8 Å². The van der Waals surface area contributed by atoms with E-state index in [0.29, 0.717) is 16.2 Å². The lowest BCUT2D eigenvalue weighted by Gasteiger charge is -2.40. The van der Waals surface area contributed by atoms with Crippen molar-refractivity contribution in [3.63, 3.8) is 0 Å². The first kappa shape index (κ1) is 48.5. The third-order valence-electron chi connectivity index (χ3n) is 9.14. The molecule has 1 unspecified atom stereocenters. The number of hydrogen-bond acceptors (Lipinski definition) is 4. The second-order valence-electron chi connectivity index (χ2n) is 19.0. The first-order valence-corrected chi connectivity index (χ1v) is 21.6. The molecule has 0 radical (unpaired) electrons. The molecule has 0 spiro atoms. The van der Waals surface area contributed by atoms with E-state index in [-0.39, 0.29) is 26.8 Å². The Labute approximate surface area is 332 Å². The van der Waals surface area contributed by atoms with Crippen molar-refractivity contribution in [1.82, 2.24) is 0 Å². The Morgan fingerprint density at radius 1 is 0.750 bits per heavy atom. The maximum Gasteiger partial charge on any atom is 0.309 e. The molecule has 4 atom stereocenters. The third-order valence-corrected chi connectivity index (χ3v) is 13.6. The van der Waals surface area contributed by atoms with Gasteiger partial charge >= 0.3 is 5.97 Å². The van der Waals surface area contributed by atoms with Crippen molar-refractivity contribution < 1.29 is 17.9 Å². The van der Waals surface area contributed by atoms with Gasteiger partial charge in [0, 0.05) is 36.8 Å². The zero-order valence-corrected chi connectivity index (χ0v) is 38.5. The summed E-state index contributed by atoms with van der Waals surface area (Å²) in [6.45, 7) is 32.9. The molecular weight excluding hydrogens is 730 g/mol. The van der Waals surface area contributed by atoms with Gasteiger partial charge in [-0.25, -0.2) is 4.21 Å². The Morgan fingerprint density at radius 3 is 1.58 bits per heavy atom. The minimum Gasteiger partial charge on any atom is -0.469 e. The normalized spacial score (nSPS) is 16.0. The molecule has 0 heterocycles. The molecule has 0 aromatic heterocycles. The zero-order valence-electron chi connectivity index (χ0n) is 35.3. The van der Waals surface area contributed by atoms with Gasteiger partial charge in [-0.3, -0.25) is 9.00 Å². The molecule has 0 aliphatic heterocycles. The number of methoxy groups -OCH3 is 1. The molecule has 5 nitrogen and oxygen atoms in total. The lowest BCUT2D eigenvalue weighted by atomic mass is 9.68. The van der Waals surface area contributed by atoms with E-state index in [0.717, 1.165) is 58.7 Å². The fourth-order valence-electron chi connectivity index (χ4n) is 5.65. The van der Waals surface area contributed by atoms with E-state index in [4.69, 9.17) is 27.9 Å². The van der Waals surface area contributed by atoms with Gasteiger partial charge in [0.25, 0.3) is 0 Å². The van der Waals surface area contributed by atoms with Gasteiger partial charge in [-0.05, 0) is 125 Å². The highest BCUT2D eigenvalue weighted by Crippen LogP contribution is 2.41. The molecule has 0 N–H and O–H groups in total. The lowest BCUT2D eigenvalue weighted by molar-refractivity contribution is -0.149. The predicted molar refractivity (Wildman–Crippen MR) is 229 cm³/mol. The monoisotopic (exact) mass is 797 g/mol. The summed E-state index contributed by atoms with van der Waals surface area (Å²) >= 11 is 13.1. The average molecular weight is 799 g/mol. The summed E-state index contributed by atoms with van der Waals surface area (Å²) in [6, 6.07) is 12.1. The van der Waals surface area contributed by atoms with Gasteiger partial charge in [0.1, 0.15) is 11.0 Å². The van der Waals surface area contributed by atoms with Gasteiger partial charge < -0.3 is 4.74 Å². The maximum absolute atomic E-state index is 13.2. The summed E-state index contributed by atoms with van der Waals surface area (Å²) in [5.74, 6) is -0.304. The average Bonchev–Trinajstić information content (AvgIpc) is 2.97. The Bertz CT molecular complexity index is 1570. The molecule has 0 aliphatic rings. The van der Waals surface area contributed by atoms with Gasteiger partial charge in [0.15, 0.2) is 0 Å². The predicted octanol–water partition coefficient (Wildman–Crippen LogP) is 12.2. The van der Waals surface area contributed by atoms with E-state index in [2.05, 4.69) is 64.1 Å². The summed E-state index contributed by atoms with van der Waals surface area (Å²) in [7, 11) is -0.973. The maximum atomic E-state index is 13.2. The molecule has 2 aromatic rings. The second kappa shape index (κ2) is 19.4. The standard InChI is InChI=1S/C25H41ClO3S.C18H28ClNOS/c1-17(2)21(22(27)29-10)25(9,16-30(28)24(6,7)8)19-12-11-18(20(26)15-19)13-14-23(3,4)5;1-13(20-22(21)18(5,6)7)15-9-8-14(16(19)12-15)10-11-17(2,3)4/h11-12,15,17,21H,13-14,16H2,1-10H3;8-9,12H,10-11H2,1-7H3/t21?,25-,30+;22-/m00/s1. The van der Waals surface area contributed by atoms with Crippen LogP contribution in [0.25, 0.3) is 0 Å². The minimum absolute atomic E-state index is 0.0266. The number of nitrogens with zero attached hydrogens (tertiary/aromatic N) is 1. The van der Waals surface area contributed by atoms with Crippen LogP contribution in [0.2, 0.25) is 10.0 Å². The first-order chi connectivity index (χ1) is 23.4. The Kier molecular flexibility index (Phi) is 18.0. The van der Waals surface area contributed by atoms with Gasteiger partial charge in [0.2, 0.25) is 0 Å². The van der Waals surface area contributed by atoms with Crippen LogP contribution in [0.1, 0.15) is 146 Å². The van der Waals surface area contributed by atoms with Gasteiger partial charge in [0.05, 0.1) is 23.5 Å². The van der Waals surface area contributed by atoms with Crippen molar-refractivity contribution in [3.8, 4) is 0 Å². The van der Waals surface area contributed by atoms with E-state index in [9.17, 15) is 13.2 Å². The molecule has 0 saturated carbocycles. The second-order valence-corrected chi connectivity index (χ2v) is 24.0. The number of esters is 1. The fourth-order valence-corrected chi connectivity index (χ4v) is 8.15. The summed E-state index contributed by atoms with van der Waals surface area (Å²) in [5.41, 5.74) is 4.76. The van der Waals surface area contributed by atoms with Crippen LogP contribution in [0.4, 0.5) is 0 Å². The Balaban J connectivity index is 0.000000545. The molecule has 296 valence electrons. The summed E-state index contributed by atoms with van der Waals surface area (Å²) in [4.78, 5) is 12.8. The van der Waals surface area contributed by atoms with E-state index in [1.165, 1.54) is 7.11 Å². The van der Waals surface area contributed by atoms with Crippen molar-refractivity contribution >= 4 is 56.7 Å². The van der Waals surface area contributed by atoms with Crippen LogP contribution >= 0.6 is 23.2 Å². The molecule has 0 aliphatic carbocycles. The highest BCUT2D eigenvalue weighted by atomic mass is 35.5. The van der Waals surface area contributed by atoms with Crippen molar-refractivity contribution in [2.24, 2.45) is 27.1 Å². The summed E-state index contributed by atoms with van der Waals surface area (Å²) < 4.78 is 34.0. The highest BCUT2D eigenvalue weighted by Gasteiger charge is 2.46. The van der Waals surface area contributed by atoms with E-state index in [1.54, 1.807) is 0 Å². The number of benzene rings is 2. The van der Waals surface area contributed by atoms with Gasteiger partial charge in [-0.15, -0.1) is 0 Å². The van der Waals surface area contributed by atoms with E-state index >= 15 is 0 Å². The quantitative estimate of drug-likeness (QED) is 0.158. The third kappa shape index (κ3) is 15.7. The number of rotatable bonds is 12. The highest BCUT2D eigenvalue weighted by molar-refractivity contribution is 7.86. The van der Waals surface area contributed by atoms with Crippen molar-refractivity contribution in [1.29, 1.82) is 0 Å². The molecule has 2 aromatic carbocycles. The first-order valence-electron chi connectivity index (χ1n) is 18.4. The molecule has 0 fully saturated rings. The lowest BCUT2D eigenvalue weighted by Crippen LogP contribution is -2.47. The Morgan fingerprint density at radius 2 is 1.21 bits per heavy atom. The molecule has 9 heteroatoms. The topological polar surface area (TPSA) is 72.8 Å². The zero-order chi connectivity index (χ0) is 40.6. The molecule has 0 saturated heterocycles. The van der Waals surface area contributed by atoms with Crippen molar-refractivity contribution in [3.05, 3.63) is 68.7 Å². The van der Waals surface area contributed by atoms with Crippen LogP contribution in [-0.2, 0) is 49.6 Å². The summed E-state index contributed by atoms with van der Waals surface area (Å²) in [6.07, 6.45) is 3.99. The Hall–Kier alpha value is -1.54. The van der Waals surface area contributed by atoms with Crippen LogP contribution in [0.3, 0.4) is 0 Å². The van der Waals surface area contributed by atoms with Gasteiger partial charge in [-0.1, -0.05) is 110 Å². The number of carbonyl (C=O) groups is 1. The number of carbonyl (C=O) groups excluding carboxylic acids is 1. The van der Waals surface area contributed by atoms with Crippen LogP contribution in [0.5, 0.6) is 0 Å². The van der Waals surface area contributed by atoms with Crippen molar-refractivity contribution in [2.75, 3.05) is 12.9 Å². The largest absolute Gasteiger partial charge is 0.469 e. The van der Waals surface area contributed by atoms with Gasteiger partial charge in [-0.2, -0.15) is 4.40 Å². The fraction of sp³-hybridized carbons (Fsp3) is 0.674. The number of halogens is 2. The van der Waals surface area contributed by atoms with Crippen LogP contribution in [-0.4, -0.2) is 42.5 Å². The molecular formula is C43H69Cl2NO4S2. The number of hydrogen-bond donors (Lipinski definition) is 0. The molecule has 0 bridgehead atoms. The minimum atomic E-state index is -1.25. The summed E-state index contributed by atoms with van der Waals surface area (Å²) in [5, 5.41) is 1.47. The van der Waals surface area contributed by atoms with Crippen molar-refractivity contribution in [2.45, 2.75) is 151 Å². The number of ether oxygens (including phenoxy) is 1. The van der Waals surface area contributed by atoms with Crippen LogP contribution in [0, 0.1) is 22.7 Å². The molecule has 2 rings (SSSR count). The van der Waals surface area contributed by atoms with Crippen LogP contribution < -0.4 is 0 Å². The van der Waals surface area contributed by atoms with E-state index < -0.39 is 33.1 Å². The molecule has 0 amide bonds. The smallest absolute Gasteiger partial charge is 0.309 e. The van der Waals surface area contributed by atoms with E-state index in [1.807, 2.05) is 87.4 Å². The SMILES string of the molecule is CC(=N[S@@](=O)C(C)(C)C)c1ccc(CCC(C)(C)C)c(Cl)c1.COC(=O)C(C(C)C)[C@@](C)(C[S@@](=O)C(C)(C)C)c1ccc(CCC(C)(C)C)c(Cl)c1.